The molecule has 2 aromatic heterocycles. The summed E-state index contributed by atoms with van der Waals surface area (Å²) in [4.78, 5) is 4.44. The molecular formula is C13H18N2OS2. The Kier molecular flexibility index (Phi) is 5.28. The third kappa shape index (κ3) is 4.15. The fraction of sp³-hybridized carbons (Fsp3) is 0.462. The summed E-state index contributed by atoms with van der Waals surface area (Å²) < 4.78 is 5.68. The summed E-state index contributed by atoms with van der Waals surface area (Å²) in [6, 6.07) is 4.10. The second-order valence-electron chi connectivity index (χ2n) is 4.11. The van der Waals surface area contributed by atoms with Crippen LogP contribution in [0.15, 0.2) is 21.9 Å². The van der Waals surface area contributed by atoms with E-state index in [1.54, 1.807) is 23.1 Å². The summed E-state index contributed by atoms with van der Waals surface area (Å²) in [6.07, 6.45) is 3.06. The van der Waals surface area contributed by atoms with Crippen molar-refractivity contribution in [3.8, 4) is 0 Å². The van der Waals surface area contributed by atoms with E-state index in [-0.39, 0.29) is 0 Å². The highest BCUT2D eigenvalue weighted by atomic mass is 32.2. The first-order valence-electron chi connectivity index (χ1n) is 5.96. The number of aromatic nitrogens is 1. The predicted octanol–water partition coefficient (Wildman–Crippen LogP) is 3.24. The van der Waals surface area contributed by atoms with Crippen LogP contribution >= 0.6 is 23.1 Å². The summed E-state index contributed by atoms with van der Waals surface area (Å²) in [5.41, 5.74) is 1.11. The molecule has 0 aliphatic carbocycles. The molecule has 2 aromatic rings. The van der Waals surface area contributed by atoms with E-state index >= 15 is 0 Å². The van der Waals surface area contributed by atoms with Crippen LogP contribution in [0, 0.1) is 6.92 Å². The van der Waals surface area contributed by atoms with Crippen molar-refractivity contribution >= 4 is 23.1 Å². The molecule has 0 aliphatic rings. The smallest absolute Gasteiger partial charge is 0.117 e. The van der Waals surface area contributed by atoms with E-state index in [1.807, 2.05) is 13.0 Å². The molecule has 98 valence electrons. The number of hydrogen-bond donors (Lipinski definition) is 1. The Morgan fingerprint density at radius 2 is 2.22 bits per heavy atom. The van der Waals surface area contributed by atoms with E-state index in [1.165, 1.54) is 5.01 Å². The number of furan rings is 1. The highest BCUT2D eigenvalue weighted by Gasteiger charge is 2.02. The maximum absolute atomic E-state index is 5.68. The van der Waals surface area contributed by atoms with E-state index in [9.17, 15) is 0 Å². The number of nitrogens with zero attached hydrogens (tertiary/aromatic N) is 1. The van der Waals surface area contributed by atoms with Crippen LogP contribution < -0.4 is 5.32 Å². The van der Waals surface area contributed by atoms with Gasteiger partial charge < -0.3 is 9.73 Å². The third-order valence-electron chi connectivity index (χ3n) is 2.49. The summed E-state index contributed by atoms with van der Waals surface area (Å²) in [7, 11) is 0. The molecule has 1 N–H and O–H groups in total. The largest absolute Gasteiger partial charge is 0.464 e. The number of thiazole rings is 1. The lowest BCUT2D eigenvalue weighted by Crippen LogP contribution is -2.16. The fourth-order valence-electron chi connectivity index (χ4n) is 1.66. The van der Waals surface area contributed by atoms with Crippen LogP contribution in [0.25, 0.3) is 0 Å². The average molecular weight is 282 g/mol. The Morgan fingerprint density at radius 3 is 2.94 bits per heavy atom. The minimum Gasteiger partial charge on any atom is -0.464 e. The van der Waals surface area contributed by atoms with Crippen LogP contribution in [0.3, 0.4) is 0 Å². The SMILES string of the molecule is CSCc1ccc(CNCCc2nc(C)cs2)o1. The molecule has 3 nitrogen and oxygen atoms in total. The van der Waals surface area contributed by atoms with E-state index < -0.39 is 0 Å². The number of aryl methyl sites for hydroxylation is 1. The quantitative estimate of drug-likeness (QED) is 0.791. The van der Waals surface area contributed by atoms with Crippen LogP contribution in [-0.2, 0) is 18.7 Å². The Morgan fingerprint density at radius 1 is 1.39 bits per heavy atom. The standard InChI is InChI=1S/C13H18N2OS2/c1-10-8-18-13(15-10)5-6-14-7-11-3-4-12(16-11)9-17-2/h3-4,8,14H,5-7,9H2,1-2H3. The van der Waals surface area contributed by atoms with Gasteiger partial charge in [-0.3, -0.25) is 0 Å². The van der Waals surface area contributed by atoms with E-state index in [0.717, 1.165) is 42.5 Å². The van der Waals surface area contributed by atoms with Gasteiger partial charge in [0.2, 0.25) is 0 Å². The van der Waals surface area contributed by atoms with Gasteiger partial charge in [0.05, 0.1) is 17.3 Å². The molecule has 0 saturated carbocycles. The van der Waals surface area contributed by atoms with Crippen molar-refractivity contribution in [2.75, 3.05) is 12.8 Å². The first-order valence-corrected chi connectivity index (χ1v) is 8.23. The van der Waals surface area contributed by atoms with E-state index in [4.69, 9.17) is 4.42 Å². The zero-order chi connectivity index (χ0) is 12.8. The number of hydrogen-bond acceptors (Lipinski definition) is 5. The lowest BCUT2D eigenvalue weighted by atomic mass is 10.4. The van der Waals surface area contributed by atoms with Crippen molar-refractivity contribution in [1.29, 1.82) is 0 Å². The molecule has 0 aromatic carbocycles. The van der Waals surface area contributed by atoms with Crippen molar-refractivity contribution in [2.24, 2.45) is 0 Å². The summed E-state index contributed by atoms with van der Waals surface area (Å²) >= 11 is 3.50. The molecule has 5 heteroatoms. The summed E-state index contributed by atoms with van der Waals surface area (Å²) in [5, 5.41) is 6.67. The van der Waals surface area contributed by atoms with Crippen LogP contribution in [0.1, 0.15) is 22.2 Å². The van der Waals surface area contributed by atoms with Gasteiger partial charge in [-0.05, 0) is 25.3 Å². The van der Waals surface area contributed by atoms with Gasteiger partial charge in [0.15, 0.2) is 0 Å². The predicted molar refractivity (Wildman–Crippen MR) is 78.2 cm³/mol. The Balaban J connectivity index is 1.68. The number of nitrogens with one attached hydrogen (secondary N) is 1. The Labute approximate surface area is 116 Å². The monoisotopic (exact) mass is 282 g/mol. The topological polar surface area (TPSA) is 38.1 Å². The first-order chi connectivity index (χ1) is 8.78. The van der Waals surface area contributed by atoms with E-state index in [0.29, 0.717) is 0 Å². The zero-order valence-corrected chi connectivity index (χ0v) is 12.4. The number of rotatable bonds is 7. The lowest BCUT2D eigenvalue weighted by Gasteiger charge is -2.00. The first kappa shape index (κ1) is 13.6. The highest BCUT2D eigenvalue weighted by molar-refractivity contribution is 7.97. The highest BCUT2D eigenvalue weighted by Crippen LogP contribution is 2.13. The summed E-state index contributed by atoms with van der Waals surface area (Å²) in [6.45, 7) is 3.76. The number of thioether (sulfide) groups is 1. The van der Waals surface area contributed by atoms with Crippen LogP contribution in [0.5, 0.6) is 0 Å². The molecule has 0 bridgehead atoms. The maximum Gasteiger partial charge on any atom is 0.117 e. The Bertz CT molecular complexity index is 479. The molecule has 0 atom stereocenters. The minimum atomic E-state index is 0.790. The van der Waals surface area contributed by atoms with Crippen molar-refractivity contribution in [3.63, 3.8) is 0 Å². The molecule has 0 spiro atoms. The van der Waals surface area contributed by atoms with E-state index in [2.05, 4.69) is 28.0 Å². The lowest BCUT2D eigenvalue weighted by molar-refractivity contribution is 0.460. The minimum absolute atomic E-state index is 0.790. The van der Waals surface area contributed by atoms with Crippen LogP contribution in [-0.4, -0.2) is 17.8 Å². The molecule has 2 rings (SSSR count). The average Bonchev–Trinajstić information content (AvgIpc) is 2.95. The second kappa shape index (κ2) is 6.97. The van der Waals surface area contributed by atoms with Crippen LogP contribution in [0.2, 0.25) is 0 Å². The summed E-state index contributed by atoms with van der Waals surface area (Å²) in [5.74, 6) is 3.00. The molecule has 0 saturated heterocycles. The molecule has 0 radical (unpaired) electrons. The fourth-order valence-corrected chi connectivity index (χ4v) is 2.88. The van der Waals surface area contributed by atoms with Gasteiger partial charge in [-0.2, -0.15) is 11.8 Å². The van der Waals surface area contributed by atoms with Gasteiger partial charge in [-0.1, -0.05) is 0 Å². The molecule has 0 unspecified atom stereocenters. The van der Waals surface area contributed by atoms with Gasteiger partial charge in [-0.25, -0.2) is 4.98 Å². The Hall–Kier alpha value is -0.780. The molecule has 18 heavy (non-hydrogen) atoms. The maximum atomic E-state index is 5.68. The van der Waals surface area contributed by atoms with Crippen LogP contribution in [0.4, 0.5) is 0 Å². The van der Waals surface area contributed by atoms with Gasteiger partial charge in [0.1, 0.15) is 11.5 Å². The molecular weight excluding hydrogens is 264 g/mol. The van der Waals surface area contributed by atoms with Crippen molar-refractivity contribution in [2.45, 2.75) is 25.6 Å². The second-order valence-corrected chi connectivity index (χ2v) is 5.92. The normalized spacial score (nSPS) is 11.0. The van der Waals surface area contributed by atoms with Gasteiger partial charge in [-0.15, -0.1) is 11.3 Å². The van der Waals surface area contributed by atoms with Gasteiger partial charge in [0.25, 0.3) is 0 Å². The van der Waals surface area contributed by atoms with Crippen molar-refractivity contribution in [3.05, 3.63) is 39.7 Å². The van der Waals surface area contributed by atoms with Gasteiger partial charge >= 0.3 is 0 Å². The molecule has 0 amide bonds. The third-order valence-corrected chi connectivity index (χ3v) is 4.08. The zero-order valence-electron chi connectivity index (χ0n) is 10.7. The molecule has 0 fully saturated rings. The molecule has 2 heterocycles. The van der Waals surface area contributed by atoms with Crippen molar-refractivity contribution in [1.82, 2.24) is 10.3 Å². The van der Waals surface area contributed by atoms with Crippen molar-refractivity contribution < 1.29 is 4.42 Å². The van der Waals surface area contributed by atoms with Gasteiger partial charge in [0, 0.05) is 24.0 Å². The molecule has 0 aliphatic heterocycles.